The van der Waals surface area contributed by atoms with Gasteiger partial charge in [0.1, 0.15) is 5.82 Å². The number of rotatable bonds is 3. The molecule has 0 aliphatic heterocycles. The van der Waals surface area contributed by atoms with E-state index in [1.807, 2.05) is 61.5 Å². The van der Waals surface area contributed by atoms with E-state index < -0.39 is 0 Å². The molecule has 0 aliphatic carbocycles. The van der Waals surface area contributed by atoms with Gasteiger partial charge in [0, 0.05) is 19.8 Å². The SMILES string of the molecule is CN(C)c1ccc2nc(Cl)nc(Nc3ccccc3)c2c1N. The summed E-state index contributed by atoms with van der Waals surface area (Å²) >= 11 is 6.03. The van der Waals surface area contributed by atoms with Crippen LogP contribution in [0.3, 0.4) is 0 Å². The molecule has 0 unspecified atom stereocenters. The molecule has 0 saturated carbocycles. The summed E-state index contributed by atoms with van der Waals surface area (Å²) in [6.07, 6.45) is 0. The van der Waals surface area contributed by atoms with E-state index in [1.54, 1.807) is 0 Å². The lowest BCUT2D eigenvalue weighted by Crippen LogP contribution is -2.12. The molecule has 22 heavy (non-hydrogen) atoms. The lowest BCUT2D eigenvalue weighted by molar-refractivity contribution is 1.13. The third-order valence-electron chi connectivity index (χ3n) is 3.37. The van der Waals surface area contributed by atoms with Crippen molar-refractivity contribution in [1.29, 1.82) is 0 Å². The molecule has 0 atom stereocenters. The van der Waals surface area contributed by atoms with Crippen LogP contribution in [0.25, 0.3) is 10.9 Å². The van der Waals surface area contributed by atoms with Gasteiger partial charge in [0.25, 0.3) is 0 Å². The number of benzene rings is 2. The minimum absolute atomic E-state index is 0.183. The summed E-state index contributed by atoms with van der Waals surface area (Å²) in [6, 6.07) is 13.6. The van der Waals surface area contributed by atoms with Crippen molar-refractivity contribution >= 4 is 45.4 Å². The summed E-state index contributed by atoms with van der Waals surface area (Å²) in [6.45, 7) is 0. The normalized spacial score (nSPS) is 10.7. The molecule has 0 spiro atoms. The fourth-order valence-corrected chi connectivity index (χ4v) is 2.53. The number of hydrogen-bond acceptors (Lipinski definition) is 5. The van der Waals surface area contributed by atoms with E-state index >= 15 is 0 Å². The minimum atomic E-state index is 0.183. The van der Waals surface area contributed by atoms with Crippen molar-refractivity contribution in [1.82, 2.24) is 9.97 Å². The summed E-state index contributed by atoms with van der Waals surface area (Å²) in [4.78, 5) is 10.5. The van der Waals surface area contributed by atoms with Crippen molar-refractivity contribution in [3.63, 3.8) is 0 Å². The van der Waals surface area contributed by atoms with Crippen LogP contribution in [-0.4, -0.2) is 24.1 Å². The molecule has 0 radical (unpaired) electrons. The van der Waals surface area contributed by atoms with Gasteiger partial charge >= 0.3 is 0 Å². The Morgan fingerprint density at radius 1 is 1.05 bits per heavy atom. The molecule has 3 aromatic rings. The van der Waals surface area contributed by atoms with Gasteiger partial charge in [0.2, 0.25) is 5.28 Å². The van der Waals surface area contributed by atoms with Crippen LogP contribution in [0.4, 0.5) is 22.9 Å². The molecule has 3 rings (SSSR count). The Morgan fingerprint density at radius 2 is 1.77 bits per heavy atom. The molecule has 6 heteroatoms. The number of aromatic nitrogens is 2. The van der Waals surface area contributed by atoms with E-state index in [-0.39, 0.29) is 5.28 Å². The van der Waals surface area contributed by atoms with Crippen molar-refractivity contribution in [3.8, 4) is 0 Å². The number of nitrogen functional groups attached to an aromatic ring is 1. The largest absolute Gasteiger partial charge is 0.396 e. The average Bonchev–Trinajstić information content (AvgIpc) is 2.47. The molecule has 2 aromatic carbocycles. The number of halogens is 1. The number of nitrogens with zero attached hydrogens (tertiary/aromatic N) is 3. The summed E-state index contributed by atoms with van der Waals surface area (Å²) < 4.78 is 0. The molecule has 0 saturated heterocycles. The Hall–Kier alpha value is -2.53. The smallest absolute Gasteiger partial charge is 0.224 e. The van der Waals surface area contributed by atoms with Gasteiger partial charge in [-0.25, -0.2) is 4.98 Å². The maximum atomic E-state index is 6.32. The van der Waals surface area contributed by atoms with E-state index in [4.69, 9.17) is 17.3 Å². The second-order valence-corrected chi connectivity index (χ2v) is 5.46. The highest BCUT2D eigenvalue weighted by Crippen LogP contribution is 2.35. The van der Waals surface area contributed by atoms with E-state index in [1.165, 1.54) is 0 Å². The number of anilines is 4. The number of para-hydroxylation sites is 1. The maximum absolute atomic E-state index is 6.32. The van der Waals surface area contributed by atoms with Crippen molar-refractivity contribution in [3.05, 3.63) is 47.7 Å². The van der Waals surface area contributed by atoms with Crippen LogP contribution in [0.1, 0.15) is 0 Å². The van der Waals surface area contributed by atoms with Gasteiger partial charge in [0.15, 0.2) is 0 Å². The molecule has 0 bridgehead atoms. The number of nitrogens with one attached hydrogen (secondary N) is 1. The topological polar surface area (TPSA) is 67.1 Å². The predicted molar refractivity (Wildman–Crippen MR) is 93.0 cm³/mol. The van der Waals surface area contributed by atoms with Gasteiger partial charge in [0.05, 0.1) is 22.3 Å². The maximum Gasteiger partial charge on any atom is 0.224 e. The molecule has 0 fully saturated rings. The third kappa shape index (κ3) is 2.63. The molecular formula is C16H16ClN5. The highest BCUT2D eigenvalue weighted by Gasteiger charge is 2.14. The molecule has 0 amide bonds. The molecule has 112 valence electrons. The zero-order valence-electron chi connectivity index (χ0n) is 12.3. The molecule has 1 aromatic heterocycles. The van der Waals surface area contributed by atoms with E-state index in [0.29, 0.717) is 17.0 Å². The molecule has 0 aliphatic rings. The second-order valence-electron chi connectivity index (χ2n) is 5.12. The van der Waals surface area contributed by atoms with Crippen molar-refractivity contribution < 1.29 is 0 Å². The van der Waals surface area contributed by atoms with Gasteiger partial charge in [-0.05, 0) is 35.9 Å². The average molecular weight is 314 g/mol. The summed E-state index contributed by atoms with van der Waals surface area (Å²) in [7, 11) is 3.89. The number of fused-ring (bicyclic) bond motifs is 1. The van der Waals surface area contributed by atoms with E-state index in [9.17, 15) is 0 Å². The number of hydrogen-bond donors (Lipinski definition) is 2. The first-order valence-electron chi connectivity index (χ1n) is 6.81. The van der Waals surface area contributed by atoms with Crippen LogP contribution in [0.15, 0.2) is 42.5 Å². The zero-order chi connectivity index (χ0) is 15.7. The van der Waals surface area contributed by atoms with Gasteiger partial charge < -0.3 is 16.0 Å². The first-order valence-corrected chi connectivity index (χ1v) is 7.19. The molecule has 3 N–H and O–H groups in total. The van der Waals surface area contributed by atoms with Gasteiger partial charge in [-0.15, -0.1) is 0 Å². The fraction of sp³-hybridized carbons (Fsp3) is 0.125. The van der Waals surface area contributed by atoms with Crippen LogP contribution in [-0.2, 0) is 0 Å². The minimum Gasteiger partial charge on any atom is -0.396 e. The number of nitrogens with two attached hydrogens (primary N) is 1. The van der Waals surface area contributed by atoms with Crippen LogP contribution in [0, 0.1) is 0 Å². The summed E-state index contributed by atoms with van der Waals surface area (Å²) in [5.74, 6) is 0.599. The van der Waals surface area contributed by atoms with Crippen LogP contribution >= 0.6 is 11.6 Å². The Kier molecular flexibility index (Phi) is 3.73. The van der Waals surface area contributed by atoms with Crippen LogP contribution in [0.2, 0.25) is 5.28 Å². The molecule has 1 heterocycles. The van der Waals surface area contributed by atoms with Crippen molar-refractivity contribution in [2.75, 3.05) is 30.0 Å². The van der Waals surface area contributed by atoms with E-state index in [2.05, 4.69) is 15.3 Å². The predicted octanol–water partition coefficient (Wildman–Crippen LogP) is 3.68. The Balaban J connectivity index is 2.21. The van der Waals surface area contributed by atoms with Gasteiger partial charge in [-0.2, -0.15) is 4.98 Å². The van der Waals surface area contributed by atoms with Crippen molar-refractivity contribution in [2.24, 2.45) is 0 Å². The van der Waals surface area contributed by atoms with E-state index in [0.717, 1.165) is 16.8 Å². The standard InChI is InChI=1S/C16H16ClN5/c1-22(2)12-9-8-11-13(14(12)18)15(21-16(17)20-11)19-10-6-4-3-5-7-10/h3-9H,18H2,1-2H3,(H,19,20,21). The monoisotopic (exact) mass is 313 g/mol. The highest BCUT2D eigenvalue weighted by molar-refractivity contribution is 6.29. The summed E-state index contributed by atoms with van der Waals surface area (Å²) in [5.41, 5.74) is 9.47. The third-order valence-corrected chi connectivity index (χ3v) is 3.54. The lowest BCUT2D eigenvalue weighted by atomic mass is 10.1. The Bertz CT molecular complexity index is 818. The first kappa shape index (κ1) is 14.4. The second kappa shape index (κ2) is 5.69. The quantitative estimate of drug-likeness (QED) is 0.570. The van der Waals surface area contributed by atoms with Gasteiger partial charge in [-0.1, -0.05) is 18.2 Å². The zero-order valence-corrected chi connectivity index (χ0v) is 13.1. The first-order chi connectivity index (χ1) is 10.6. The fourth-order valence-electron chi connectivity index (χ4n) is 2.35. The van der Waals surface area contributed by atoms with Crippen LogP contribution < -0.4 is 16.0 Å². The summed E-state index contributed by atoms with van der Waals surface area (Å²) in [5, 5.41) is 4.21. The Morgan fingerprint density at radius 3 is 2.45 bits per heavy atom. The highest BCUT2D eigenvalue weighted by atomic mass is 35.5. The molecular weight excluding hydrogens is 298 g/mol. The van der Waals surface area contributed by atoms with Gasteiger partial charge in [-0.3, -0.25) is 0 Å². The lowest BCUT2D eigenvalue weighted by Gasteiger charge is -2.18. The molecule has 5 nitrogen and oxygen atoms in total. The Labute approximate surface area is 133 Å². The van der Waals surface area contributed by atoms with Crippen LogP contribution in [0.5, 0.6) is 0 Å². The van der Waals surface area contributed by atoms with Crippen molar-refractivity contribution in [2.45, 2.75) is 0 Å².